The second-order valence-electron chi connectivity index (χ2n) is 5.07. The van der Waals surface area contributed by atoms with Gasteiger partial charge in [0.1, 0.15) is 5.01 Å². The van der Waals surface area contributed by atoms with Gasteiger partial charge in [0.2, 0.25) is 0 Å². The van der Waals surface area contributed by atoms with E-state index in [2.05, 4.69) is 17.1 Å². The summed E-state index contributed by atoms with van der Waals surface area (Å²) in [5, 5.41) is 4.23. The Balaban J connectivity index is 1.67. The zero-order chi connectivity index (χ0) is 11.0. The van der Waals surface area contributed by atoms with Gasteiger partial charge >= 0.3 is 0 Å². The van der Waals surface area contributed by atoms with E-state index in [1.165, 1.54) is 48.6 Å². The molecule has 0 aromatic carbocycles. The number of rotatable bonds is 3. The lowest BCUT2D eigenvalue weighted by atomic mass is 9.75. The Hall–Kier alpha value is -0.0600. The van der Waals surface area contributed by atoms with Crippen LogP contribution >= 0.6 is 23.1 Å². The maximum atomic E-state index is 6.26. The second kappa shape index (κ2) is 4.31. The Morgan fingerprint density at radius 1 is 1.44 bits per heavy atom. The van der Waals surface area contributed by atoms with Crippen molar-refractivity contribution in [2.45, 2.75) is 49.3 Å². The molecule has 1 aromatic rings. The van der Waals surface area contributed by atoms with Crippen LogP contribution in [0.3, 0.4) is 0 Å². The molecule has 2 fully saturated rings. The van der Waals surface area contributed by atoms with Crippen LogP contribution in [0.4, 0.5) is 0 Å². The first-order chi connectivity index (χ1) is 7.75. The summed E-state index contributed by atoms with van der Waals surface area (Å²) in [6.45, 7) is 0. The van der Waals surface area contributed by atoms with Gasteiger partial charge in [0, 0.05) is 17.3 Å². The predicted octanol–water partition coefficient (Wildman–Crippen LogP) is 3.14. The molecule has 4 heteroatoms. The van der Waals surface area contributed by atoms with Gasteiger partial charge in [0.15, 0.2) is 0 Å². The summed E-state index contributed by atoms with van der Waals surface area (Å²) in [6.07, 6.45) is 7.30. The van der Waals surface area contributed by atoms with Crippen molar-refractivity contribution in [2.75, 3.05) is 5.75 Å². The van der Waals surface area contributed by atoms with Crippen LogP contribution in [0.1, 0.15) is 48.1 Å². The fraction of sp³-hybridized carbons (Fsp3) is 0.750. The van der Waals surface area contributed by atoms with Gasteiger partial charge in [0.05, 0.1) is 10.9 Å². The Labute approximate surface area is 105 Å². The van der Waals surface area contributed by atoms with Crippen LogP contribution in [0.5, 0.6) is 0 Å². The molecular weight excluding hydrogens is 236 g/mol. The summed E-state index contributed by atoms with van der Waals surface area (Å²) < 4.78 is 0. The van der Waals surface area contributed by atoms with Gasteiger partial charge < -0.3 is 5.73 Å². The molecule has 3 rings (SSSR count). The summed E-state index contributed by atoms with van der Waals surface area (Å²) in [6, 6.07) is 0. The predicted molar refractivity (Wildman–Crippen MR) is 71.0 cm³/mol. The molecule has 1 atom stereocenters. The first kappa shape index (κ1) is 11.1. The molecular formula is C12H18N2S2. The highest BCUT2D eigenvalue weighted by molar-refractivity contribution is 7.99. The molecule has 0 spiro atoms. The summed E-state index contributed by atoms with van der Waals surface area (Å²) in [5.41, 5.74) is 7.57. The van der Waals surface area contributed by atoms with E-state index in [9.17, 15) is 0 Å². The number of thiazole rings is 1. The highest BCUT2D eigenvalue weighted by Gasteiger charge is 2.33. The molecule has 2 aliphatic rings. The van der Waals surface area contributed by atoms with Gasteiger partial charge in [-0.05, 0) is 37.9 Å². The third-order valence-electron chi connectivity index (χ3n) is 3.66. The van der Waals surface area contributed by atoms with E-state index in [0.29, 0.717) is 5.25 Å². The van der Waals surface area contributed by atoms with Crippen LogP contribution in [-0.4, -0.2) is 16.3 Å². The van der Waals surface area contributed by atoms with E-state index in [1.807, 2.05) is 11.3 Å². The Morgan fingerprint density at radius 3 is 2.94 bits per heavy atom. The lowest BCUT2D eigenvalue weighted by Gasteiger charge is -2.37. The summed E-state index contributed by atoms with van der Waals surface area (Å²) in [5.74, 6) is 1.31. The van der Waals surface area contributed by atoms with Crippen molar-refractivity contribution in [2.24, 2.45) is 5.73 Å². The number of hydrogen-bond acceptors (Lipinski definition) is 4. The Bertz CT molecular complexity index is 365. The first-order valence-electron chi connectivity index (χ1n) is 6.10. The van der Waals surface area contributed by atoms with Gasteiger partial charge in [-0.2, -0.15) is 11.8 Å². The minimum Gasteiger partial charge on any atom is -0.325 e. The first-order valence-corrected chi connectivity index (χ1v) is 8.03. The molecule has 2 nitrogen and oxygen atoms in total. The minimum absolute atomic E-state index is 0.0775. The lowest BCUT2D eigenvalue weighted by Crippen LogP contribution is -2.48. The topological polar surface area (TPSA) is 38.9 Å². The summed E-state index contributed by atoms with van der Waals surface area (Å²) in [4.78, 5) is 4.78. The lowest BCUT2D eigenvalue weighted by molar-refractivity contribution is 0.246. The highest BCUT2D eigenvalue weighted by atomic mass is 32.2. The normalized spacial score (nSPS) is 27.9. The number of nitrogens with two attached hydrogens (primary N) is 1. The second-order valence-corrected chi connectivity index (χ2v) is 7.27. The van der Waals surface area contributed by atoms with Gasteiger partial charge in [-0.1, -0.05) is 0 Å². The van der Waals surface area contributed by atoms with Crippen molar-refractivity contribution < 1.29 is 0 Å². The molecule has 88 valence electrons. The monoisotopic (exact) mass is 254 g/mol. The zero-order valence-electron chi connectivity index (χ0n) is 9.45. The molecule has 0 radical (unpaired) electrons. The largest absolute Gasteiger partial charge is 0.325 e. The van der Waals surface area contributed by atoms with E-state index in [1.54, 1.807) is 0 Å². The Kier molecular flexibility index (Phi) is 2.98. The molecule has 1 aliphatic carbocycles. The molecule has 1 aliphatic heterocycles. The number of hydrogen-bond donors (Lipinski definition) is 1. The number of aromatic nitrogens is 1. The standard InChI is InChI=1S/C12H18N2S2/c13-12(4-2-5-12)7-9-8-16-11(14-9)10-3-1-6-15-10/h8,10H,1-7,13H2. The van der Waals surface area contributed by atoms with Gasteiger partial charge in [-0.15, -0.1) is 11.3 Å². The third-order valence-corrected chi connectivity index (χ3v) is 6.20. The van der Waals surface area contributed by atoms with Crippen molar-refractivity contribution >= 4 is 23.1 Å². The van der Waals surface area contributed by atoms with Crippen molar-refractivity contribution in [3.05, 3.63) is 16.1 Å². The van der Waals surface area contributed by atoms with Crippen LogP contribution in [0.2, 0.25) is 0 Å². The quantitative estimate of drug-likeness (QED) is 0.900. The molecule has 2 heterocycles. The molecule has 1 saturated heterocycles. The van der Waals surface area contributed by atoms with Crippen LogP contribution < -0.4 is 5.73 Å². The van der Waals surface area contributed by atoms with Crippen LogP contribution in [0.15, 0.2) is 5.38 Å². The minimum atomic E-state index is 0.0775. The van der Waals surface area contributed by atoms with Gasteiger partial charge in [0.25, 0.3) is 0 Å². The molecule has 0 bridgehead atoms. The highest BCUT2D eigenvalue weighted by Crippen LogP contribution is 2.41. The van der Waals surface area contributed by atoms with Crippen LogP contribution in [0.25, 0.3) is 0 Å². The van der Waals surface area contributed by atoms with Crippen molar-refractivity contribution in [3.63, 3.8) is 0 Å². The van der Waals surface area contributed by atoms with E-state index >= 15 is 0 Å². The molecule has 2 N–H and O–H groups in total. The molecule has 1 unspecified atom stereocenters. The van der Waals surface area contributed by atoms with E-state index in [0.717, 1.165) is 6.42 Å². The molecule has 1 saturated carbocycles. The van der Waals surface area contributed by atoms with Crippen LogP contribution in [0, 0.1) is 0 Å². The Morgan fingerprint density at radius 2 is 2.31 bits per heavy atom. The summed E-state index contributed by atoms with van der Waals surface area (Å²) in [7, 11) is 0. The van der Waals surface area contributed by atoms with Crippen molar-refractivity contribution in [3.8, 4) is 0 Å². The third kappa shape index (κ3) is 2.15. The smallest absolute Gasteiger partial charge is 0.106 e. The maximum Gasteiger partial charge on any atom is 0.106 e. The van der Waals surface area contributed by atoms with Crippen LogP contribution in [-0.2, 0) is 6.42 Å². The zero-order valence-corrected chi connectivity index (χ0v) is 11.1. The molecule has 16 heavy (non-hydrogen) atoms. The fourth-order valence-corrected chi connectivity index (χ4v) is 4.84. The SMILES string of the molecule is NC1(Cc2csc(C3CCCS3)n2)CCC1. The van der Waals surface area contributed by atoms with Gasteiger partial charge in [-0.25, -0.2) is 4.98 Å². The van der Waals surface area contributed by atoms with Crippen molar-refractivity contribution in [1.82, 2.24) is 4.98 Å². The van der Waals surface area contributed by atoms with E-state index in [-0.39, 0.29) is 5.54 Å². The summed E-state index contributed by atoms with van der Waals surface area (Å²) >= 11 is 3.90. The average Bonchev–Trinajstić information content (AvgIpc) is 2.83. The molecule has 0 amide bonds. The average molecular weight is 254 g/mol. The van der Waals surface area contributed by atoms with Crippen molar-refractivity contribution in [1.29, 1.82) is 0 Å². The number of thioether (sulfide) groups is 1. The van der Waals surface area contributed by atoms with E-state index < -0.39 is 0 Å². The maximum absolute atomic E-state index is 6.26. The van der Waals surface area contributed by atoms with E-state index in [4.69, 9.17) is 10.7 Å². The van der Waals surface area contributed by atoms with Gasteiger partial charge in [-0.3, -0.25) is 0 Å². The molecule has 1 aromatic heterocycles. The number of nitrogens with zero attached hydrogens (tertiary/aromatic N) is 1. The fourth-order valence-electron chi connectivity index (χ4n) is 2.49.